The van der Waals surface area contributed by atoms with Crippen molar-refractivity contribution in [3.63, 3.8) is 0 Å². The lowest BCUT2D eigenvalue weighted by molar-refractivity contribution is 0.0961. The minimum absolute atomic E-state index is 0.163. The topological polar surface area (TPSA) is 83.0 Å². The van der Waals surface area contributed by atoms with Gasteiger partial charge in [0.15, 0.2) is 0 Å². The average molecular weight is 397 g/mol. The number of hydrogen-bond donors (Lipinski definition) is 1. The zero-order chi connectivity index (χ0) is 19.7. The van der Waals surface area contributed by atoms with E-state index in [1.165, 1.54) is 0 Å². The van der Waals surface area contributed by atoms with Crippen LogP contribution in [0, 0.1) is 6.92 Å². The van der Waals surface area contributed by atoms with Crippen molar-refractivity contribution in [2.75, 3.05) is 6.61 Å². The van der Waals surface area contributed by atoms with Gasteiger partial charge >= 0.3 is 0 Å². The summed E-state index contributed by atoms with van der Waals surface area (Å²) < 4.78 is 7.93. The molecule has 1 fully saturated rings. The van der Waals surface area contributed by atoms with Gasteiger partial charge in [0.2, 0.25) is 0 Å². The predicted octanol–water partition coefficient (Wildman–Crippen LogP) is 3.82. The van der Waals surface area contributed by atoms with E-state index in [9.17, 15) is 4.79 Å². The van der Waals surface area contributed by atoms with E-state index >= 15 is 0 Å². The first-order valence-electron chi connectivity index (χ1n) is 9.59. The quantitative estimate of drug-likeness (QED) is 0.686. The summed E-state index contributed by atoms with van der Waals surface area (Å²) in [6.45, 7) is 5.52. The largest absolute Gasteiger partial charge is 0.376 e. The molecule has 1 aliphatic rings. The van der Waals surface area contributed by atoms with Crippen LogP contribution in [-0.2, 0) is 17.7 Å². The molecule has 4 heterocycles. The third-order valence-electron chi connectivity index (χ3n) is 5.23. The molecule has 2 N–H and O–H groups in total. The molecule has 146 valence electrons. The molecule has 1 amide bonds. The van der Waals surface area contributed by atoms with Gasteiger partial charge in [-0.05, 0) is 44.4 Å². The maximum Gasteiger partial charge on any atom is 0.250 e. The summed E-state index contributed by atoms with van der Waals surface area (Å²) >= 11 is 1.59. The van der Waals surface area contributed by atoms with E-state index in [4.69, 9.17) is 15.5 Å². The Balaban J connectivity index is 1.73. The van der Waals surface area contributed by atoms with Gasteiger partial charge in [-0.25, -0.2) is 4.98 Å². The third-order valence-corrected chi connectivity index (χ3v) is 6.13. The van der Waals surface area contributed by atoms with Crippen LogP contribution in [0.25, 0.3) is 22.0 Å². The highest BCUT2D eigenvalue weighted by Crippen LogP contribution is 2.32. The highest BCUT2D eigenvalue weighted by atomic mass is 32.1. The second-order valence-corrected chi connectivity index (χ2v) is 7.92. The van der Waals surface area contributed by atoms with Crippen LogP contribution < -0.4 is 5.73 Å². The minimum atomic E-state index is -0.415. The van der Waals surface area contributed by atoms with Crippen LogP contribution in [0.2, 0.25) is 0 Å². The van der Waals surface area contributed by atoms with Gasteiger partial charge in [-0.3, -0.25) is 9.78 Å². The van der Waals surface area contributed by atoms with Gasteiger partial charge in [0, 0.05) is 41.7 Å². The van der Waals surface area contributed by atoms with E-state index in [2.05, 4.69) is 22.5 Å². The molecular weight excluding hydrogens is 372 g/mol. The van der Waals surface area contributed by atoms with Crippen LogP contribution in [0.1, 0.15) is 41.5 Å². The number of thiazole rings is 1. The first kappa shape index (κ1) is 18.8. The summed E-state index contributed by atoms with van der Waals surface area (Å²) in [6.07, 6.45) is 4.98. The number of rotatable bonds is 6. The van der Waals surface area contributed by atoms with Crippen LogP contribution >= 0.6 is 11.3 Å². The molecule has 1 saturated heterocycles. The van der Waals surface area contributed by atoms with Gasteiger partial charge in [-0.1, -0.05) is 6.92 Å². The van der Waals surface area contributed by atoms with E-state index in [0.29, 0.717) is 12.1 Å². The van der Waals surface area contributed by atoms with Crippen LogP contribution in [0.15, 0.2) is 29.8 Å². The number of carbonyl (C=O) groups excluding carboxylic acids is 1. The van der Waals surface area contributed by atoms with E-state index in [-0.39, 0.29) is 6.10 Å². The predicted molar refractivity (Wildman–Crippen MR) is 110 cm³/mol. The maximum atomic E-state index is 11.9. The highest BCUT2D eigenvalue weighted by Gasteiger charge is 2.23. The van der Waals surface area contributed by atoms with Gasteiger partial charge in [0.1, 0.15) is 5.01 Å². The molecule has 0 saturated carbocycles. The molecule has 0 aliphatic carbocycles. The fourth-order valence-electron chi connectivity index (χ4n) is 3.66. The minimum Gasteiger partial charge on any atom is -0.376 e. The second-order valence-electron chi connectivity index (χ2n) is 7.07. The zero-order valence-electron chi connectivity index (χ0n) is 16.1. The number of nitrogens with two attached hydrogens (primary N) is 1. The molecule has 0 bridgehead atoms. The van der Waals surface area contributed by atoms with E-state index in [0.717, 1.165) is 59.2 Å². The fourth-order valence-corrected chi connectivity index (χ4v) is 4.47. The van der Waals surface area contributed by atoms with E-state index in [1.54, 1.807) is 11.3 Å². The summed E-state index contributed by atoms with van der Waals surface area (Å²) in [5, 5.41) is 2.97. The Bertz CT molecular complexity index is 1000. The smallest absolute Gasteiger partial charge is 0.250 e. The molecule has 4 rings (SSSR count). The molecule has 28 heavy (non-hydrogen) atoms. The Labute approximate surface area is 168 Å². The number of ether oxygens (including phenoxy) is 1. The Hall–Kier alpha value is -2.51. The molecule has 3 aromatic rings. The summed E-state index contributed by atoms with van der Waals surface area (Å²) in [5.41, 5.74) is 10.9. The van der Waals surface area contributed by atoms with Crippen molar-refractivity contribution < 1.29 is 9.53 Å². The Morgan fingerprint density at radius 2 is 2.29 bits per heavy atom. The van der Waals surface area contributed by atoms with Crippen LogP contribution in [0.4, 0.5) is 0 Å². The number of pyridine rings is 1. The molecule has 7 heteroatoms. The molecule has 0 radical (unpaired) electrons. The van der Waals surface area contributed by atoms with Crippen molar-refractivity contribution in [2.24, 2.45) is 5.73 Å². The standard InChI is InChI=1S/C21H24N4O2S/c1-3-15-9-14(6-7-23-15)21-24-18(12-28-21)19-10-17(20(22)26)13(2)25(19)11-16-5-4-8-27-16/h6-7,9-10,12,16H,3-5,8,11H2,1-2H3,(H2,22,26). The first-order chi connectivity index (χ1) is 13.6. The van der Waals surface area contributed by atoms with Crippen LogP contribution in [0.3, 0.4) is 0 Å². The van der Waals surface area contributed by atoms with Crippen molar-refractivity contribution in [3.8, 4) is 22.0 Å². The SMILES string of the molecule is CCc1cc(-c2nc(-c3cc(C(N)=O)c(C)n3CC3CCCO3)cs2)ccn1. The van der Waals surface area contributed by atoms with Gasteiger partial charge in [-0.2, -0.15) is 0 Å². The summed E-state index contributed by atoms with van der Waals surface area (Å²) in [7, 11) is 0. The molecule has 0 spiro atoms. The number of aromatic nitrogens is 3. The van der Waals surface area contributed by atoms with Crippen molar-refractivity contribution >= 4 is 17.2 Å². The Morgan fingerprint density at radius 3 is 3.00 bits per heavy atom. The van der Waals surface area contributed by atoms with Crippen LogP contribution in [0.5, 0.6) is 0 Å². The van der Waals surface area contributed by atoms with Crippen LogP contribution in [-0.4, -0.2) is 33.2 Å². The monoisotopic (exact) mass is 396 g/mol. The molecule has 1 aliphatic heterocycles. The average Bonchev–Trinajstić information content (AvgIpc) is 3.44. The van der Waals surface area contributed by atoms with Crippen molar-refractivity contribution in [2.45, 2.75) is 45.8 Å². The van der Waals surface area contributed by atoms with Gasteiger partial charge in [-0.15, -0.1) is 11.3 Å². The van der Waals surface area contributed by atoms with Gasteiger partial charge in [0.05, 0.1) is 23.1 Å². The maximum absolute atomic E-state index is 11.9. The fraction of sp³-hybridized carbons (Fsp3) is 0.381. The molecule has 0 aromatic carbocycles. The normalized spacial score (nSPS) is 16.6. The number of carbonyl (C=O) groups is 1. The first-order valence-corrected chi connectivity index (χ1v) is 10.5. The molecular formula is C21H24N4O2S. The number of primary amides is 1. The summed E-state index contributed by atoms with van der Waals surface area (Å²) in [5.74, 6) is -0.415. The molecule has 6 nitrogen and oxygen atoms in total. The summed E-state index contributed by atoms with van der Waals surface area (Å²) in [6, 6.07) is 5.91. The number of amides is 1. The molecule has 1 unspecified atom stereocenters. The van der Waals surface area contributed by atoms with E-state index in [1.807, 2.05) is 30.6 Å². The second kappa shape index (κ2) is 7.85. The number of hydrogen-bond acceptors (Lipinski definition) is 5. The number of nitrogens with zero attached hydrogens (tertiary/aromatic N) is 3. The molecule has 3 aromatic heterocycles. The van der Waals surface area contributed by atoms with Gasteiger partial charge in [0.25, 0.3) is 5.91 Å². The van der Waals surface area contributed by atoms with E-state index < -0.39 is 5.91 Å². The third kappa shape index (κ3) is 3.59. The Morgan fingerprint density at radius 1 is 1.43 bits per heavy atom. The molecule has 1 atom stereocenters. The zero-order valence-corrected chi connectivity index (χ0v) is 17.0. The lowest BCUT2D eigenvalue weighted by atomic mass is 10.2. The highest BCUT2D eigenvalue weighted by molar-refractivity contribution is 7.13. The lowest BCUT2D eigenvalue weighted by Gasteiger charge is -2.15. The Kier molecular flexibility index (Phi) is 5.28. The van der Waals surface area contributed by atoms with Gasteiger partial charge < -0.3 is 15.0 Å². The lowest BCUT2D eigenvalue weighted by Crippen LogP contribution is -2.18. The van der Waals surface area contributed by atoms with Crippen molar-refractivity contribution in [1.29, 1.82) is 0 Å². The summed E-state index contributed by atoms with van der Waals surface area (Å²) in [4.78, 5) is 21.1. The number of aryl methyl sites for hydroxylation is 1. The van der Waals surface area contributed by atoms with Crippen molar-refractivity contribution in [3.05, 3.63) is 46.7 Å². The van der Waals surface area contributed by atoms with Crippen molar-refractivity contribution in [1.82, 2.24) is 14.5 Å².